The number of carboxylic acids is 1. The Hall–Kier alpha value is -1.92. The number of rotatable bonds is 13. The number of allylic oxidation sites excluding steroid dienone is 10. The van der Waals surface area contributed by atoms with Crippen LogP contribution in [-0.4, -0.2) is 30.3 Å². The number of carbonyl (C=O) groups is 1. The SMILES string of the molecule is CCC=CCC=CCC=CCC=CCC=CCCCC(=O)O.CS(=O)(=O)O. The number of hydrogen-bond acceptors (Lipinski definition) is 3. The summed E-state index contributed by atoms with van der Waals surface area (Å²) in [4.78, 5) is 10.3. The van der Waals surface area contributed by atoms with Gasteiger partial charge in [0.05, 0.1) is 6.26 Å². The van der Waals surface area contributed by atoms with Gasteiger partial charge in [0.1, 0.15) is 0 Å². The summed E-state index contributed by atoms with van der Waals surface area (Å²) < 4.78 is 25.9. The van der Waals surface area contributed by atoms with Gasteiger partial charge in [-0.2, -0.15) is 8.42 Å². The van der Waals surface area contributed by atoms with Gasteiger partial charge < -0.3 is 5.11 Å². The first kappa shape index (κ1) is 27.3. The van der Waals surface area contributed by atoms with Gasteiger partial charge in [-0.15, -0.1) is 0 Å². The molecule has 0 aromatic heterocycles. The maximum Gasteiger partial charge on any atom is 0.303 e. The Balaban J connectivity index is 0. The maximum atomic E-state index is 10.3. The van der Waals surface area contributed by atoms with E-state index < -0.39 is 16.1 Å². The lowest BCUT2D eigenvalue weighted by atomic mass is 10.2. The molecule has 0 amide bonds. The summed E-state index contributed by atoms with van der Waals surface area (Å²) in [7, 11) is -3.67. The van der Waals surface area contributed by atoms with Crippen LogP contribution in [0.2, 0.25) is 0 Å². The number of aliphatic carboxylic acids is 1. The van der Waals surface area contributed by atoms with Crippen LogP contribution in [0.4, 0.5) is 0 Å². The zero-order chi connectivity index (χ0) is 20.8. The van der Waals surface area contributed by atoms with Crippen LogP contribution in [0.25, 0.3) is 0 Å². The Morgan fingerprint density at radius 1 is 0.778 bits per heavy atom. The summed E-state index contributed by atoms with van der Waals surface area (Å²) >= 11 is 0. The normalized spacial score (nSPS) is 12.6. The molecular weight excluding hydrogens is 364 g/mol. The van der Waals surface area contributed by atoms with Gasteiger partial charge in [0.25, 0.3) is 10.1 Å². The van der Waals surface area contributed by atoms with E-state index in [1.54, 1.807) is 0 Å². The van der Waals surface area contributed by atoms with E-state index in [0.29, 0.717) is 6.26 Å². The predicted molar refractivity (Wildman–Crippen MR) is 113 cm³/mol. The molecule has 0 heterocycles. The molecular formula is C21H34O5S. The molecule has 0 aliphatic heterocycles. The zero-order valence-electron chi connectivity index (χ0n) is 16.5. The van der Waals surface area contributed by atoms with Gasteiger partial charge in [-0.3, -0.25) is 9.35 Å². The highest BCUT2D eigenvalue weighted by molar-refractivity contribution is 7.85. The molecule has 0 spiro atoms. The van der Waals surface area contributed by atoms with E-state index in [2.05, 4.69) is 67.7 Å². The van der Waals surface area contributed by atoms with E-state index >= 15 is 0 Å². The van der Waals surface area contributed by atoms with Crippen molar-refractivity contribution >= 4 is 16.1 Å². The molecule has 6 heteroatoms. The topological polar surface area (TPSA) is 91.7 Å². The standard InChI is InChI=1S/C20H30O2.CH4O3S/c1-2-3-4-5-6-7-8-9-10-11-12-13-14-15-16-17-18-19-20(21)22;1-5(2,3)4/h3-4,6-7,9-10,12-13,15-16H,2,5,8,11,14,17-19H2,1H3,(H,21,22);1H3,(H,2,3,4). The highest BCUT2D eigenvalue weighted by atomic mass is 32.2. The highest BCUT2D eigenvalue weighted by Crippen LogP contribution is 1.99. The fourth-order valence-corrected chi connectivity index (χ4v) is 1.74. The van der Waals surface area contributed by atoms with Crippen molar-refractivity contribution in [2.24, 2.45) is 0 Å². The van der Waals surface area contributed by atoms with Crippen LogP contribution < -0.4 is 0 Å². The van der Waals surface area contributed by atoms with Gasteiger partial charge in [0.2, 0.25) is 0 Å². The number of hydrogen-bond donors (Lipinski definition) is 2. The predicted octanol–water partition coefficient (Wildman–Crippen LogP) is 5.50. The van der Waals surface area contributed by atoms with Gasteiger partial charge in [-0.05, 0) is 44.9 Å². The van der Waals surface area contributed by atoms with Crippen molar-refractivity contribution in [2.75, 3.05) is 6.26 Å². The van der Waals surface area contributed by atoms with Gasteiger partial charge in [-0.1, -0.05) is 67.7 Å². The van der Waals surface area contributed by atoms with Crippen LogP contribution in [0.1, 0.15) is 58.3 Å². The summed E-state index contributed by atoms with van der Waals surface area (Å²) in [6, 6.07) is 0. The van der Waals surface area contributed by atoms with Gasteiger partial charge in [0.15, 0.2) is 0 Å². The third-order valence-corrected chi connectivity index (χ3v) is 2.92. The minimum atomic E-state index is -3.67. The van der Waals surface area contributed by atoms with Gasteiger partial charge >= 0.3 is 5.97 Å². The lowest BCUT2D eigenvalue weighted by molar-refractivity contribution is -0.137. The smallest absolute Gasteiger partial charge is 0.303 e. The lowest BCUT2D eigenvalue weighted by Crippen LogP contribution is -1.92. The molecule has 0 saturated heterocycles. The molecule has 2 N–H and O–H groups in total. The Morgan fingerprint density at radius 2 is 1.11 bits per heavy atom. The summed E-state index contributed by atoms with van der Waals surface area (Å²) in [6.07, 6.45) is 29.2. The molecule has 0 fully saturated rings. The fraction of sp³-hybridized carbons (Fsp3) is 0.476. The van der Waals surface area contributed by atoms with Crippen molar-refractivity contribution in [2.45, 2.75) is 58.3 Å². The second-order valence-electron chi connectivity index (χ2n) is 5.73. The van der Waals surface area contributed by atoms with Crippen molar-refractivity contribution in [1.29, 1.82) is 0 Å². The van der Waals surface area contributed by atoms with Gasteiger partial charge in [-0.25, -0.2) is 0 Å². The molecule has 0 aliphatic rings. The van der Waals surface area contributed by atoms with E-state index in [4.69, 9.17) is 9.66 Å². The molecule has 0 bridgehead atoms. The largest absolute Gasteiger partial charge is 0.481 e. The minimum Gasteiger partial charge on any atom is -0.481 e. The summed E-state index contributed by atoms with van der Waals surface area (Å²) in [6.45, 7) is 2.14. The molecule has 0 atom stereocenters. The number of unbranched alkanes of at least 4 members (excludes halogenated alkanes) is 1. The van der Waals surface area contributed by atoms with E-state index in [1.165, 1.54) is 0 Å². The van der Waals surface area contributed by atoms with Crippen molar-refractivity contribution in [3.8, 4) is 0 Å². The molecule has 0 unspecified atom stereocenters. The summed E-state index contributed by atoms with van der Waals surface area (Å²) in [5.41, 5.74) is 0. The zero-order valence-corrected chi connectivity index (χ0v) is 17.3. The average Bonchev–Trinajstić information content (AvgIpc) is 2.56. The third-order valence-electron chi connectivity index (χ3n) is 2.92. The van der Waals surface area contributed by atoms with E-state index in [9.17, 15) is 13.2 Å². The van der Waals surface area contributed by atoms with Crippen LogP contribution >= 0.6 is 0 Å². The molecule has 0 aromatic carbocycles. The maximum absolute atomic E-state index is 10.3. The van der Waals surface area contributed by atoms with Crippen molar-refractivity contribution < 1.29 is 22.9 Å². The fourth-order valence-electron chi connectivity index (χ4n) is 1.74. The minimum absolute atomic E-state index is 0.258. The second-order valence-corrected chi connectivity index (χ2v) is 7.19. The number of carboxylic acid groups (broad SMARTS) is 1. The molecule has 0 radical (unpaired) electrons. The molecule has 0 saturated carbocycles. The first-order chi connectivity index (χ1) is 12.8. The summed E-state index contributed by atoms with van der Waals surface area (Å²) in [5, 5.41) is 8.49. The third kappa shape index (κ3) is 40.2. The first-order valence-electron chi connectivity index (χ1n) is 9.16. The van der Waals surface area contributed by atoms with E-state index in [1.807, 2.05) is 0 Å². The van der Waals surface area contributed by atoms with E-state index in [-0.39, 0.29) is 6.42 Å². The van der Waals surface area contributed by atoms with Crippen LogP contribution in [0.15, 0.2) is 60.8 Å². The van der Waals surface area contributed by atoms with E-state index in [0.717, 1.165) is 44.9 Å². The molecule has 5 nitrogen and oxygen atoms in total. The Kier molecular flexibility index (Phi) is 20.6. The molecule has 0 aromatic rings. The molecule has 0 aliphatic carbocycles. The summed E-state index contributed by atoms with van der Waals surface area (Å²) in [5.74, 6) is -0.715. The lowest BCUT2D eigenvalue weighted by Gasteiger charge is -1.89. The molecule has 154 valence electrons. The molecule has 27 heavy (non-hydrogen) atoms. The Bertz CT molecular complexity index is 588. The Morgan fingerprint density at radius 3 is 1.44 bits per heavy atom. The van der Waals surface area contributed by atoms with Crippen molar-refractivity contribution in [3.05, 3.63) is 60.8 Å². The van der Waals surface area contributed by atoms with Gasteiger partial charge in [0, 0.05) is 6.42 Å². The molecule has 0 rings (SSSR count). The van der Waals surface area contributed by atoms with Crippen LogP contribution in [-0.2, 0) is 14.9 Å². The Labute approximate surface area is 164 Å². The average molecular weight is 399 g/mol. The van der Waals surface area contributed by atoms with Crippen LogP contribution in [0.5, 0.6) is 0 Å². The van der Waals surface area contributed by atoms with Crippen LogP contribution in [0, 0.1) is 0 Å². The monoisotopic (exact) mass is 398 g/mol. The van der Waals surface area contributed by atoms with Crippen molar-refractivity contribution in [3.63, 3.8) is 0 Å². The van der Waals surface area contributed by atoms with Crippen molar-refractivity contribution in [1.82, 2.24) is 0 Å². The van der Waals surface area contributed by atoms with Crippen LogP contribution in [0.3, 0.4) is 0 Å². The highest BCUT2D eigenvalue weighted by Gasteiger charge is 1.92. The second kappa shape index (κ2) is 20.4. The first-order valence-corrected chi connectivity index (χ1v) is 11.0. The quantitative estimate of drug-likeness (QED) is 0.243.